The fourth-order valence-electron chi connectivity index (χ4n) is 2.22. The van der Waals surface area contributed by atoms with E-state index in [9.17, 15) is 13.2 Å². The van der Waals surface area contributed by atoms with Gasteiger partial charge in [-0.3, -0.25) is 4.99 Å². The third-order valence-corrected chi connectivity index (χ3v) is 3.32. The molecule has 0 aliphatic heterocycles. The van der Waals surface area contributed by atoms with Crippen LogP contribution in [0.4, 0.5) is 13.2 Å². The fraction of sp³-hybridized carbons (Fsp3) is 0.611. The molecule has 8 heteroatoms. The molecule has 0 aliphatic rings. The van der Waals surface area contributed by atoms with Gasteiger partial charge in [0.05, 0.1) is 6.61 Å². The highest BCUT2D eigenvalue weighted by atomic mass is 19.4. The summed E-state index contributed by atoms with van der Waals surface area (Å²) in [4.78, 5) is 6.40. The molecule has 1 aromatic rings. The molecule has 0 aliphatic carbocycles. The normalized spacial score (nSPS) is 12.2. The van der Waals surface area contributed by atoms with Gasteiger partial charge in [-0.05, 0) is 38.0 Å². The van der Waals surface area contributed by atoms with Crippen LogP contribution < -0.4 is 10.1 Å². The minimum atomic E-state index is -4.28. The second kappa shape index (κ2) is 11.6. The highest BCUT2D eigenvalue weighted by Crippen LogP contribution is 2.15. The molecule has 0 amide bonds. The molecule has 26 heavy (non-hydrogen) atoms. The van der Waals surface area contributed by atoms with Crippen LogP contribution >= 0.6 is 0 Å². The third kappa shape index (κ3) is 9.50. The van der Waals surface area contributed by atoms with Crippen molar-refractivity contribution in [1.29, 1.82) is 0 Å². The molecule has 0 unspecified atom stereocenters. The molecule has 1 N–H and O–H groups in total. The zero-order valence-corrected chi connectivity index (χ0v) is 15.6. The molecule has 0 heterocycles. The first kappa shape index (κ1) is 22.1. The predicted octanol–water partition coefficient (Wildman–Crippen LogP) is 3.45. The van der Waals surface area contributed by atoms with Crippen molar-refractivity contribution < 1.29 is 22.6 Å². The van der Waals surface area contributed by atoms with E-state index in [-0.39, 0.29) is 6.61 Å². The first-order valence-electron chi connectivity index (χ1n) is 8.71. The average Bonchev–Trinajstić information content (AvgIpc) is 2.58. The van der Waals surface area contributed by atoms with Crippen molar-refractivity contribution in [1.82, 2.24) is 10.2 Å². The Labute approximate surface area is 153 Å². The lowest BCUT2D eigenvalue weighted by molar-refractivity contribution is -0.173. The van der Waals surface area contributed by atoms with Crippen LogP contribution in [0.15, 0.2) is 29.3 Å². The SMILES string of the molecule is CCNC(=NCCCOCC(F)(F)F)N(C)Cc1ccc(OCC)cc1. The number of guanidine groups is 1. The Morgan fingerprint density at radius 3 is 2.46 bits per heavy atom. The quantitative estimate of drug-likeness (QED) is 0.387. The van der Waals surface area contributed by atoms with Gasteiger partial charge in [-0.15, -0.1) is 0 Å². The Morgan fingerprint density at radius 1 is 1.19 bits per heavy atom. The number of ether oxygens (including phenoxy) is 2. The topological polar surface area (TPSA) is 46.1 Å². The molecule has 0 saturated heterocycles. The van der Waals surface area contributed by atoms with Gasteiger partial charge in [0.25, 0.3) is 0 Å². The molecule has 0 aromatic heterocycles. The van der Waals surface area contributed by atoms with Crippen LogP contribution in [0.25, 0.3) is 0 Å². The summed E-state index contributed by atoms with van der Waals surface area (Å²) in [5.41, 5.74) is 1.11. The Balaban J connectivity index is 2.48. The van der Waals surface area contributed by atoms with Gasteiger partial charge in [0.15, 0.2) is 5.96 Å². The van der Waals surface area contributed by atoms with E-state index in [0.29, 0.717) is 38.6 Å². The van der Waals surface area contributed by atoms with E-state index in [4.69, 9.17) is 4.74 Å². The lowest BCUT2D eigenvalue weighted by Crippen LogP contribution is -2.38. The van der Waals surface area contributed by atoms with Crippen LogP contribution in [-0.2, 0) is 11.3 Å². The molecule has 1 aromatic carbocycles. The summed E-state index contributed by atoms with van der Waals surface area (Å²) in [5, 5.41) is 3.18. The van der Waals surface area contributed by atoms with Crippen LogP contribution in [0.3, 0.4) is 0 Å². The van der Waals surface area contributed by atoms with Crippen LogP contribution in [0.2, 0.25) is 0 Å². The summed E-state index contributed by atoms with van der Waals surface area (Å²) in [7, 11) is 1.91. The standard InChI is InChI=1S/C18H28F3N3O2/c1-4-22-17(23-11-6-12-25-14-18(19,20)21)24(3)13-15-7-9-16(10-8-15)26-5-2/h7-10H,4-6,11-14H2,1-3H3,(H,22,23). The van der Waals surface area contributed by atoms with Crippen molar-refractivity contribution in [2.24, 2.45) is 4.99 Å². The first-order chi connectivity index (χ1) is 12.4. The van der Waals surface area contributed by atoms with E-state index in [1.807, 2.05) is 50.1 Å². The second-order valence-electron chi connectivity index (χ2n) is 5.69. The summed E-state index contributed by atoms with van der Waals surface area (Å²) < 4.78 is 46.0. The van der Waals surface area contributed by atoms with E-state index < -0.39 is 12.8 Å². The highest BCUT2D eigenvalue weighted by Gasteiger charge is 2.27. The molecule has 0 atom stereocenters. The van der Waals surface area contributed by atoms with Crippen molar-refractivity contribution in [3.63, 3.8) is 0 Å². The van der Waals surface area contributed by atoms with E-state index >= 15 is 0 Å². The Kier molecular flexibility index (Phi) is 9.87. The Bertz CT molecular complexity index is 533. The highest BCUT2D eigenvalue weighted by molar-refractivity contribution is 5.79. The Morgan fingerprint density at radius 2 is 1.88 bits per heavy atom. The third-order valence-electron chi connectivity index (χ3n) is 3.32. The molecule has 148 valence electrons. The number of benzene rings is 1. The molecule has 0 bridgehead atoms. The summed E-state index contributed by atoms with van der Waals surface area (Å²) in [6.45, 7) is 5.11. The van der Waals surface area contributed by atoms with Gasteiger partial charge in [0, 0.05) is 33.3 Å². The van der Waals surface area contributed by atoms with Gasteiger partial charge in [-0.1, -0.05) is 12.1 Å². The molecule has 5 nitrogen and oxygen atoms in total. The number of alkyl halides is 3. The number of nitrogens with zero attached hydrogens (tertiary/aromatic N) is 2. The van der Waals surface area contributed by atoms with E-state index in [0.717, 1.165) is 11.3 Å². The van der Waals surface area contributed by atoms with Gasteiger partial charge < -0.3 is 19.7 Å². The lowest BCUT2D eigenvalue weighted by Gasteiger charge is -2.22. The maximum Gasteiger partial charge on any atom is 0.411 e. The van der Waals surface area contributed by atoms with Gasteiger partial charge in [0.2, 0.25) is 0 Å². The number of hydrogen-bond donors (Lipinski definition) is 1. The van der Waals surface area contributed by atoms with Crippen molar-refractivity contribution >= 4 is 5.96 Å². The van der Waals surface area contributed by atoms with Crippen molar-refractivity contribution in [2.45, 2.75) is 33.0 Å². The Hall–Kier alpha value is -1.96. The molecular weight excluding hydrogens is 347 g/mol. The molecular formula is C18H28F3N3O2. The molecule has 1 rings (SSSR count). The smallest absolute Gasteiger partial charge is 0.411 e. The number of rotatable bonds is 10. The second-order valence-corrected chi connectivity index (χ2v) is 5.69. The predicted molar refractivity (Wildman–Crippen MR) is 96.5 cm³/mol. The molecule has 0 radical (unpaired) electrons. The maximum absolute atomic E-state index is 12.0. The van der Waals surface area contributed by atoms with E-state index in [2.05, 4.69) is 15.0 Å². The number of halogens is 3. The summed E-state index contributed by atoms with van der Waals surface area (Å²) >= 11 is 0. The first-order valence-corrected chi connectivity index (χ1v) is 8.71. The summed E-state index contributed by atoms with van der Waals surface area (Å²) in [6, 6.07) is 7.84. The van der Waals surface area contributed by atoms with Crippen molar-refractivity contribution in [3.05, 3.63) is 29.8 Å². The van der Waals surface area contributed by atoms with Crippen molar-refractivity contribution in [3.8, 4) is 5.75 Å². The maximum atomic E-state index is 12.0. The largest absolute Gasteiger partial charge is 0.494 e. The monoisotopic (exact) mass is 375 g/mol. The average molecular weight is 375 g/mol. The zero-order valence-electron chi connectivity index (χ0n) is 15.6. The van der Waals surface area contributed by atoms with E-state index in [1.165, 1.54) is 0 Å². The molecule has 0 spiro atoms. The number of nitrogens with one attached hydrogen (secondary N) is 1. The van der Waals surface area contributed by atoms with Crippen LogP contribution in [0.5, 0.6) is 5.75 Å². The lowest BCUT2D eigenvalue weighted by atomic mass is 10.2. The summed E-state index contributed by atoms with van der Waals surface area (Å²) in [6.07, 6.45) is -3.85. The number of hydrogen-bond acceptors (Lipinski definition) is 3. The zero-order chi connectivity index (χ0) is 19.4. The number of aliphatic imine (C=N–C) groups is 1. The minimum absolute atomic E-state index is 0.0328. The van der Waals surface area contributed by atoms with Crippen molar-refractivity contribution in [2.75, 3.05) is 40.0 Å². The van der Waals surface area contributed by atoms with Gasteiger partial charge in [0.1, 0.15) is 12.4 Å². The van der Waals surface area contributed by atoms with E-state index in [1.54, 1.807) is 0 Å². The molecule has 0 fully saturated rings. The fourth-order valence-corrected chi connectivity index (χ4v) is 2.22. The summed E-state index contributed by atoms with van der Waals surface area (Å²) in [5.74, 6) is 1.54. The molecule has 0 saturated carbocycles. The van der Waals surface area contributed by atoms with Crippen LogP contribution in [0.1, 0.15) is 25.8 Å². The minimum Gasteiger partial charge on any atom is -0.494 e. The van der Waals surface area contributed by atoms with Gasteiger partial charge in [-0.25, -0.2) is 0 Å². The van der Waals surface area contributed by atoms with Crippen LogP contribution in [-0.4, -0.2) is 57.0 Å². The van der Waals surface area contributed by atoms with Crippen LogP contribution in [0, 0.1) is 0 Å². The van der Waals surface area contributed by atoms with Gasteiger partial charge in [-0.2, -0.15) is 13.2 Å². The van der Waals surface area contributed by atoms with Gasteiger partial charge >= 0.3 is 6.18 Å².